The predicted molar refractivity (Wildman–Crippen MR) is 210 cm³/mol. The Labute approximate surface area is 339 Å². The highest BCUT2D eigenvalue weighted by Gasteiger charge is 2.70. The van der Waals surface area contributed by atoms with E-state index < -0.39 is 85.7 Å². The van der Waals surface area contributed by atoms with Crippen molar-refractivity contribution in [1.82, 2.24) is 5.01 Å². The van der Waals surface area contributed by atoms with Gasteiger partial charge in [0.25, 0.3) is 11.8 Å². The van der Waals surface area contributed by atoms with Crippen LogP contribution in [0.5, 0.6) is 11.5 Å². The molecule has 2 heterocycles. The molecule has 302 valence electrons. The van der Waals surface area contributed by atoms with Crippen LogP contribution in [-0.2, 0) is 24.6 Å². The zero-order chi connectivity index (χ0) is 42.2. The van der Waals surface area contributed by atoms with Crippen molar-refractivity contribution in [2.24, 2.45) is 23.7 Å². The minimum atomic E-state index is -1.75. The first kappa shape index (κ1) is 39.0. The Balaban J connectivity index is 1.32. The largest absolute Gasteiger partial charge is 0.508 e. The number of nitrogens with zero attached hydrogens (tertiary/aromatic N) is 5. The molecule has 3 fully saturated rings. The maximum Gasteiger partial charge on any atom is 0.301 e. The Morgan fingerprint density at radius 3 is 2.14 bits per heavy atom. The third-order valence-electron chi connectivity index (χ3n) is 11.9. The van der Waals surface area contributed by atoms with Crippen LogP contribution in [0.15, 0.2) is 90.5 Å². The first-order valence-electron chi connectivity index (χ1n) is 18.4. The first-order chi connectivity index (χ1) is 28.1. The van der Waals surface area contributed by atoms with E-state index in [0.29, 0.717) is 21.7 Å². The standard InChI is InChI=1S/C41H34ClFN6O10/c1-45(2)36-31(48(55)56)16-24(17-32(36)49(57)58)46-37(51)28-15-14-26-29(34(28)39(46)53)19-30-38(52)47(44-23-10-8-22(43)9-11-23)40(54)41(30,20-4-6-21(42)7-5-20)35(26)27-13-12-25(50)18-33(27)59-3/h4-14,16-18,28-30,34-35,44,50H,15,19H2,1-3H3/t28-,29+,30-,34-,35+,41+/m0/s1. The Morgan fingerprint density at radius 2 is 1.54 bits per heavy atom. The summed E-state index contributed by atoms with van der Waals surface area (Å²) in [7, 11) is 4.15. The molecule has 4 aromatic carbocycles. The average molecular weight is 825 g/mol. The van der Waals surface area contributed by atoms with Gasteiger partial charge >= 0.3 is 11.4 Å². The van der Waals surface area contributed by atoms with E-state index in [2.05, 4.69) is 5.43 Å². The van der Waals surface area contributed by atoms with Crippen LogP contribution >= 0.6 is 11.6 Å². The van der Waals surface area contributed by atoms with Crippen LogP contribution in [0.4, 0.5) is 32.8 Å². The number of phenolic OH excluding ortho intramolecular Hbond substituents is 1. The Bertz CT molecular complexity index is 2500. The van der Waals surface area contributed by atoms with Gasteiger partial charge in [-0.15, -0.1) is 0 Å². The number of nitrogens with one attached hydrogen (secondary N) is 1. The van der Waals surface area contributed by atoms with Crippen LogP contribution in [0.2, 0.25) is 5.02 Å². The number of hydrogen-bond acceptors (Lipinski definition) is 12. The van der Waals surface area contributed by atoms with Crippen molar-refractivity contribution in [2.45, 2.75) is 24.2 Å². The molecule has 16 nitrogen and oxygen atoms in total. The van der Waals surface area contributed by atoms with Crippen LogP contribution in [0.3, 0.4) is 0 Å². The molecule has 2 saturated heterocycles. The van der Waals surface area contributed by atoms with Gasteiger partial charge in [0, 0.05) is 48.8 Å². The normalized spacial score (nSPS) is 24.6. The molecule has 8 rings (SSSR count). The van der Waals surface area contributed by atoms with Gasteiger partial charge in [0.2, 0.25) is 11.8 Å². The van der Waals surface area contributed by atoms with E-state index in [1.54, 1.807) is 36.4 Å². The van der Waals surface area contributed by atoms with Crippen LogP contribution in [0.25, 0.3) is 0 Å². The topological polar surface area (TPSA) is 206 Å². The van der Waals surface area contributed by atoms with Crippen LogP contribution in [0, 0.1) is 49.7 Å². The lowest BCUT2D eigenvalue weighted by Crippen LogP contribution is -2.53. The van der Waals surface area contributed by atoms with Crippen molar-refractivity contribution in [3.63, 3.8) is 0 Å². The number of hydrazine groups is 1. The number of halogens is 2. The van der Waals surface area contributed by atoms with E-state index >= 15 is 4.79 Å². The second-order valence-corrected chi connectivity index (χ2v) is 15.5. The molecule has 0 unspecified atom stereocenters. The van der Waals surface area contributed by atoms with Crippen LogP contribution < -0.4 is 20.0 Å². The van der Waals surface area contributed by atoms with Gasteiger partial charge in [-0.05, 0) is 66.8 Å². The highest BCUT2D eigenvalue weighted by atomic mass is 35.5. The molecule has 4 amide bonds. The van der Waals surface area contributed by atoms with Crippen LogP contribution in [-0.4, -0.2) is 64.8 Å². The number of ether oxygens (including phenoxy) is 1. The zero-order valence-electron chi connectivity index (χ0n) is 31.5. The summed E-state index contributed by atoms with van der Waals surface area (Å²) in [5.74, 6) is -8.81. The molecule has 2 aliphatic carbocycles. The lowest BCUT2D eigenvalue weighted by Gasteiger charge is -2.50. The molecular formula is C41H34ClFN6O10. The number of amides is 4. The number of carbonyl (C=O) groups excluding carboxylic acids is 4. The number of phenols is 1. The number of nitro groups is 2. The van der Waals surface area contributed by atoms with E-state index in [1.165, 1.54) is 50.4 Å². The predicted octanol–water partition coefficient (Wildman–Crippen LogP) is 6.27. The molecule has 4 aliphatic rings. The summed E-state index contributed by atoms with van der Waals surface area (Å²) in [5.41, 5.74) is 0.564. The summed E-state index contributed by atoms with van der Waals surface area (Å²) in [6, 6.07) is 17.7. The number of carbonyl (C=O) groups is 4. The van der Waals surface area contributed by atoms with E-state index in [1.807, 2.05) is 0 Å². The summed E-state index contributed by atoms with van der Waals surface area (Å²) in [5, 5.41) is 36.3. The number of allylic oxidation sites excluding steroid dienone is 2. The molecule has 2 N–H and O–H groups in total. The summed E-state index contributed by atoms with van der Waals surface area (Å²) < 4.78 is 19.7. The molecular weight excluding hydrogens is 791 g/mol. The second-order valence-electron chi connectivity index (χ2n) is 15.1. The lowest BCUT2D eigenvalue weighted by atomic mass is 9.49. The molecule has 59 heavy (non-hydrogen) atoms. The van der Waals surface area contributed by atoms with E-state index in [0.717, 1.165) is 34.2 Å². The van der Waals surface area contributed by atoms with Crippen molar-refractivity contribution < 1.29 is 43.3 Å². The van der Waals surface area contributed by atoms with Gasteiger partial charge < -0.3 is 14.7 Å². The zero-order valence-corrected chi connectivity index (χ0v) is 32.3. The maximum absolute atomic E-state index is 15.4. The highest BCUT2D eigenvalue weighted by Crippen LogP contribution is 2.65. The van der Waals surface area contributed by atoms with Gasteiger partial charge in [-0.25, -0.2) is 9.29 Å². The van der Waals surface area contributed by atoms with Gasteiger partial charge in [-0.3, -0.25) is 44.8 Å². The molecule has 6 atom stereocenters. The fourth-order valence-electron chi connectivity index (χ4n) is 9.65. The number of methoxy groups -OCH3 is 1. The summed E-state index contributed by atoms with van der Waals surface area (Å²) in [4.78, 5) is 84.2. The summed E-state index contributed by atoms with van der Waals surface area (Å²) >= 11 is 6.35. The Morgan fingerprint density at radius 1 is 0.898 bits per heavy atom. The molecule has 0 aromatic heterocycles. The molecule has 0 radical (unpaired) electrons. The van der Waals surface area contributed by atoms with Crippen LogP contribution in [0.1, 0.15) is 29.9 Å². The fourth-order valence-corrected chi connectivity index (χ4v) is 9.77. The number of anilines is 3. The summed E-state index contributed by atoms with van der Waals surface area (Å²) in [6.45, 7) is 0. The Kier molecular flexibility index (Phi) is 9.37. The SMILES string of the molecule is COc1cc(O)ccc1[C@H]1C2=CC[C@@H]3C(=O)N(c4cc([N+](=O)[O-])c(N(C)C)c([N+](=O)[O-])c4)C(=O)[C@@H]3[C@@H]2C[C@H]2C(=O)N(Nc3ccc(F)cc3)C(=O)[C@@]12c1ccc(Cl)cc1. The Hall–Kier alpha value is -6.88. The molecule has 1 saturated carbocycles. The average Bonchev–Trinajstić information content (AvgIpc) is 3.58. The quantitative estimate of drug-likeness (QED) is 0.0830. The summed E-state index contributed by atoms with van der Waals surface area (Å²) in [6.07, 6.45) is 1.60. The number of rotatable bonds is 9. The molecule has 0 spiro atoms. The molecule has 4 aromatic rings. The molecule has 2 aliphatic heterocycles. The molecule has 18 heteroatoms. The number of fused-ring (bicyclic) bond motifs is 4. The van der Waals surface area contributed by atoms with E-state index in [9.17, 15) is 44.1 Å². The monoisotopic (exact) mass is 824 g/mol. The fraction of sp³-hybridized carbons (Fsp3) is 0.268. The minimum absolute atomic E-state index is 0.0323. The number of imide groups is 2. The number of hydrogen-bond donors (Lipinski definition) is 2. The van der Waals surface area contributed by atoms with Crippen molar-refractivity contribution in [2.75, 3.05) is 36.4 Å². The van der Waals surface area contributed by atoms with E-state index in [4.69, 9.17) is 16.3 Å². The second kappa shape index (κ2) is 14.2. The maximum atomic E-state index is 15.4. The third kappa shape index (κ3) is 5.86. The van der Waals surface area contributed by atoms with Crippen molar-refractivity contribution in [3.05, 3.63) is 133 Å². The van der Waals surface area contributed by atoms with E-state index in [-0.39, 0.29) is 41.4 Å². The van der Waals surface area contributed by atoms with Gasteiger partial charge in [-0.2, -0.15) is 5.01 Å². The number of nitro benzene ring substituents is 2. The smallest absolute Gasteiger partial charge is 0.301 e. The van der Waals surface area contributed by atoms with Crippen molar-refractivity contribution in [3.8, 4) is 11.5 Å². The lowest BCUT2D eigenvalue weighted by molar-refractivity contribution is -0.392. The van der Waals surface area contributed by atoms with Crippen molar-refractivity contribution >= 4 is 63.7 Å². The first-order valence-corrected chi connectivity index (χ1v) is 18.7. The highest BCUT2D eigenvalue weighted by molar-refractivity contribution is 6.30. The molecule has 0 bridgehead atoms. The van der Waals surface area contributed by atoms with Gasteiger partial charge in [0.05, 0.1) is 51.5 Å². The number of benzene rings is 4. The van der Waals surface area contributed by atoms with Gasteiger partial charge in [0.1, 0.15) is 17.3 Å². The minimum Gasteiger partial charge on any atom is -0.508 e. The van der Waals surface area contributed by atoms with Crippen molar-refractivity contribution in [1.29, 1.82) is 0 Å². The number of aromatic hydroxyl groups is 1. The van der Waals surface area contributed by atoms with Gasteiger partial charge in [-0.1, -0.05) is 41.4 Å². The third-order valence-corrected chi connectivity index (χ3v) is 12.2. The van der Waals surface area contributed by atoms with Gasteiger partial charge in [0.15, 0.2) is 5.69 Å².